The molecule has 0 spiro atoms. The second kappa shape index (κ2) is 21.1. The molecule has 5 rings (SSSR count). The van der Waals surface area contributed by atoms with Crippen LogP contribution in [0.15, 0.2) is 97.1 Å². The monoisotopic (exact) mass is 686 g/mol. The largest absolute Gasteiger partial charge is 0.508 e. The molecular weight excluding hydrogens is 636 g/mol. The fourth-order valence-corrected chi connectivity index (χ4v) is 5.48. The fraction of sp³-hybridized carbons (Fsp3) is 0.400. The third-order valence-corrected chi connectivity index (χ3v) is 8.34. The van der Waals surface area contributed by atoms with Crippen molar-refractivity contribution in [2.75, 3.05) is 79.0 Å². The summed E-state index contributed by atoms with van der Waals surface area (Å²) in [6.45, 7) is 8.62. The number of aromatic hydroxyl groups is 2. The van der Waals surface area contributed by atoms with E-state index in [1.807, 2.05) is 72.8 Å². The highest BCUT2D eigenvalue weighted by Gasteiger charge is 2.14. The lowest BCUT2D eigenvalue weighted by Gasteiger charge is -2.24. The van der Waals surface area contributed by atoms with E-state index in [9.17, 15) is 10.2 Å². The molecule has 10 heteroatoms. The molecule has 1 fully saturated rings. The van der Waals surface area contributed by atoms with Crippen LogP contribution in [-0.2, 0) is 45.3 Å². The minimum atomic E-state index is 0.230. The minimum Gasteiger partial charge on any atom is -0.508 e. The standard InChI is InChI=1S/C40H50N2O8/c43-39-13-11-37(49-31-33-7-3-1-4-8-33)27-35(39)29-41-15-19-45-23-25-47-21-17-42(18-22-48-26-24-46-20-16-41)30-36-28-38(12-14-40(36)44)50-32-34-9-5-2-6-10-34/h1-14,27-28,43-44H,15-26,29-32H2. The van der Waals surface area contributed by atoms with Gasteiger partial charge in [0, 0.05) is 50.4 Å². The quantitative estimate of drug-likeness (QED) is 0.218. The first-order valence-electron chi connectivity index (χ1n) is 17.4. The van der Waals surface area contributed by atoms with Crippen LogP contribution in [0, 0.1) is 0 Å². The summed E-state index contributed by atoms with van der Waals surface area (Å²) >= 11 is 0. The normalized spacial score (nSPS) is 16.6. The highest BCUT2D eigenvalue weighted by atomic mass is 16.5. The molecular formula is C40H50N2O8. The van der Waals surface area contributed by atoms with Crippen LogP contribution in [0.4, 0.5) is 0 Å². The van der Waals surface area contributed by atoms with Gasteiger partial charge in [0.15, 0.2) is 0 Å². The molecule has 50 heavy (non-hydrogen) atoms. The van der Waals surface area contributed by atoms with Crippen molar-refractivity contribution in [3.63, 3.8) is 0 Å². The van der Waals surface area contributed by atoms with Crippen LogP contribution in [0.3, 0.4) is 0 Å². The Morgan fingerprint density at radius 1 is 0.460 bits per heavy atom. The number of phenolic OH excluding ortho intramolecular Hbond substituents is 2. The van der Waals surface area contributed by atoms with Crippen LogP contribution in [0.1, 0.15) is 22.3 Å². The van der Waals surface area contributed by atoms with Gasteiger partial charge in [-0.1, -0.05) is 60.7 Å². The van der Waals surface area contributed by atoms with E-state index in [4.69, 9.17) is 28.4 Å². The van der Waals surface area contributed by atoms with Crippen LogP contribution >= 0.6 is 0 Å². The molecule has 1 aliphatic rings. The fourth-order valence-electron chi connectivity index (χ4n) is 5.48. The molecule has 1 saturated heterocycles. The Balaban J connectivity index is 1.09. The third-order valence-electron chi connectivity index (χ3n) is 8.34. The molecule has 0 unspecified atom stereocenters. The minimum absolute atomic E-state index is 0.230. The van der Waals surface area contributed by atoms with Crippen molar-refractivity contribution in [1.29, 1.82) is 0 Å². The lowest BCUT2D eigenvalue weighted by molar-refractivity contribution is 0.00610. The first-order chi connectivity index (χ1) is 24.6. The Morgan fingerprint density at radius 3 is 1.18 bits per heavy atom. The maximum absolute atomic E-state index is 10.6. The van der Waals surface area contributed by atoms with E-state index in [1.54, 1.807) is 24.3 Å². The Kier molecular flexibility index (Phi) is 15.7. The molecule has 4 aromatic carbocycles. The van der Waals surface area contributed by atoms with Crippen molar-refractivity contribution in [2.24, 2.45) is 0 Å². The van der Waals surface area contributed by atoms with E-state index >= 15 is 0 Å². The lowest BCUT2D eigenvalue weighted by Crippen LogP contribution is -2.32. The van der Waals surface area contributed by atoms with E-state index in [-0.39, 0.29) is 11.5 Å². The lowest BCUT2D eigenvalue weighted by atomic mass is 10.1. The number of phenols is 2. The van der Waals surface area contributed by atoms with Gasteiger partial charge in [0.25, 0.3) is 0 Å². The summed E-state index contributed by atoms with van der Waals surface area (Å²) in [5.41, 5.74) is 3.74. The maximum Gasteiger partial charge on any atom is 0.120 e. The first-order valence-corrected chi connectivity index (χ1v) is 17.4. The van der Waals surface area contributed by atoms with Crippen molar-refractivity contribution in [3.8, 4) is 23.0 Å². The van der Waals surface area contributed by atoms with Gasteiger partial charge in [0.05, 0.1) is 52.9 Å². The van der Waals surface area contributed by atoms with E-state index in [0.717, 1.165) is 22.3 Å². The van der Waals surface area contributed by atoms with Crippen molar-refractivity contribution in [1.82, 2.24) is 9.80 Å². The molecule has 0 saturated carbocycles. The third kappa shape index (κ3) is 13.3. The molecule has 0 aliphatic carbocycles. The summed E-state index contributed by atoms with van der Waals surface area (Å²) in [4.78, 5) is 4.41. The van der Waals surface area contributed by atoms with Crippen LogP contribution < -0.4 is 9.47 Å². The van der Waals surface area contributed by atoms with Gasteiger partial charge < -0.3 is 38.6 Å². The number of ether oxygens (including phenoxy) is 6. The topological polar surface area (TPSA) is 102 Å². The Labute approximate surface area is 295 Å². The molecule has 10 nitrogen and oxygen atoms in total. The molecule has 0 atom stereocenters. The summed E-state index contributed by atoms with van der Waals surface area (Å²) in [5, 5.41) is 21.2. The van der Waals surface area contributed by atoms with Gasteiger partial charge in [-0.3, -0.25) is 9.80 Å². The molecule has 1 heterocycles. The smallest absolute Gasteiger partial charge is 0.120 e. The summed E-state index contributed by atoms with van der Waals surface area (Å²) < 4.78 is 35.7. The van der Waals surface area contributed by atoms with E-state index in [0.29, 0.717) is 117 Å². The summed E-state index contributed by atoms with van der Waals surface area (Å²) in [6, 6.07) is 30.8. The highest BCUT2D eigenvalue weighted by molar-refractivity contribution is 5.40. The predicted molar refractivity (Wildman–Crippen MR) is 192 cm³/mol. The van der Waals surface area contributed by atoms with Crippen LogP contribution in [-0.4, -0.2) is 99.0 Å². The zero-order chi connectivity index (χ0) is 34.6. The Bertz CT molecular complexity index is 1390. The van der Waals surface area contributed by atoms with Gasteiger partial charge in [-0.15, -0.1) is 0 Å². The average molecular weight is 687 g/mol. The second-order valence-electron chi connectivity index (χ2n) is 12.1. The first kappa shape index (κ1) is 37.1. The van der Waals surface area contributed by atoms with E-state index in [2.05, 4.69) is 9.80 Å². The predicted octanol–water partition coefficient (Wildman–Crippen LogP) is 5.64. The average Bonchev–Trinajstić information content (AvgIpc) is 3.14. The van der Waals surface area contributed by atoms with Crippen molar-refractivity contribution < 1.29 is 38.6 Å². The van der Waals surface area contributed by atoms with Crippen molar-refractivity contribution >= 4 is 0 Å². The van der Waals surface area contributed by atoms with Gasteiger partial charge in [0.1, 0.15) is 36.2 Å². The molecule has 0 amide bonds. The Hall–Kier alpha value is -4.16. The van der Waals surface area contributed by atoms with Gasteiger partial charge in [0.2, 0.25) is 0 Å². The molecule has 0 bridgehead atoms. The summed E-state index contributed by atoms with van der Waals surface area (Å²) in [7, 11) is 0. The highest BCUT2D eigenvalue weighted by Crippen LogP contribution is 2.26. The van der Waals surface area contributed by atoms with E-state index in [1.165, 1.54) is 0 Å². The van der Waals surface area contributed by atoms with Gasteiger partial charge >= 0.3 is 0 Å². The maximum atomic E-state index is 10.6. The van der Waals surface area contributed by atoms with E-state index < -0.39 is 0 Å². The molecule has 0 radical (unpaired) electrons. The number of hydrogen-bond donors (Lipinski definition) is 2. The van der Waals surface area contributed by atoms with Crippen molar-refractivity contribution in [3.05, 3.63) is 119 Å². The molecule has 1 aliphatic heterocycles. The number of rotatable bonds is 10. The summed E-state index contributed by atoms with van der Waals surface area (Å²) in [6.07, 6.45) is 0. The van der Waals surface area contributed by atoms with Crippen molar-refractivity contribution in [2.45, 2.75) is 26.3 Å². The van der Waals surface area contributed by atoms with Gasteiger partial charge in [-0.2, -0.15) is 0 Å². The van der Waals surface area contributed by atoms with Gasteiger partial charge in [-0.25, -0.2) is 0 Å². The zero-order valence-corrected chi connectivity index (χ0v) is 28.8. The van der Waals surface area contributed by atoms with Crippen LogP contribution in [0.25, 0.3) is 0 Å². The Morgan fingerprint density at radius 2 is 0.820 bits per heavy atom. The molecule has 268 valence electrons. The number of hydrogen-bond acceptors (Lipinski definition) is 10. The number of nitrogens with zero attached hydrogens (tertiary/aromatic N) is 2. The van der Waals surface area contributed by atoms with Gasteiger partial charge in [-0.05, 0) is 47.5 Å². The molecule has 0 aromatic heterocycles. The van der Waals surface area contributed by atoms with Crippen LogP contribution in [0.5, 0.6) is 23.0 Å². The number of benzene rings is 4. The summed E-state index contributed by atoms with van der Waals surface area (Å²) in [5.74, 6) is 1.88. The van der Waals surface area contributed by atoms with Crippen LogP contribution in [0.2, 0.25) is 0 Å². The second-order valence-corrected chi connectivity index (χ2v) is 12.1. The zero-order valence-electron chi connectivity index (χ0n) is 28.8. The SMILES string of the molecule is Oc1ccc(OCc2ccccc2)cc1CN1CCOCCOCCN(Cc2cc(OCc3ccccc3)ccc2O)CCOCCOCC1. The molecule has 4 aromatic rings. The molecule has 2 N–H and O–H groups in total.